The van der Waals surface area contributed by atoms with Gasteiger partial charge in [0, 0.05) is 50.2 Å². The number of ether oxygens (including phenoxy) is 3. The van der Waals surface area contributed by atoms with Gasteiger partial charge >= 0.3 is 0 Å². The second kappa shape index (κ2) is 12.7. The predicted octanol–water partition coefficient (Wildman–Crippen LogP) is 5.15. The number of hydrogen-bond donors (Lipinski definition) is 1. The van der Waals surface area contributed by atoms with E-state index in [2.05, 4.69) is 5.32 Å². The van der Waals surface area contributed by atoms with Gasteiger partial charge in [0.25, 0.3) is 5.91 Å². The van der Waals surface area contributed by atoms with Gasteiger partial charge in [-0.05, 0) is 79.6 Å². The Balaban J connectivity index is 1.29. The van der Waals surface area contributed by atoms with E-state index in [-0.39, 0.29) is 42.1 Å². The molecule has 6 rings (SSSR count). The maximum absolute atomic E-state index is 15.0. The van der Waals surface area contributed by atoms with Crippen LogP contribution in [0.25, 0.3) is 11.1 Å². The maximum Gasteiger partial charge on any atom is 0.265 e. The highest BCUT2D eigenvalue weighted by atomic mass is 19.1. The van der Waals surface area contributed by atoms with Gasteiger partial charge in [-0.2, -0.15) is 0 Å². The zero-order chi connectivity index (χ0) is 29.9. The Labute approximate surface area is 251 Å². The van der Waals surface area contributed by atoms with Gasteiger partial charge in [-0.3, -0.25) is 9.59 Å². The minimum atomic E-state index is -0.347. The van der Waals surface area contributed by atoms with Gasteiger partial charge in [-0.15, -0.1) is 0 Å². The smallest absolute Gasteiger partial charge is 0.265 e. The molecule has 0 bridgehead atoms. The number of carbonyl (C=O) groups is 2. The highest BCUT2D eigenvalue weighted by Gasteiger charge is 2.41. The molecule has 1 aliphatic carbocycles. The summed E-state index contributed by atoms with van der Waals surface area (Å²) in [6.07, 6.45) is 3.37. The molecule has 2 fully saturated rings. The average molecular weight is 588 g/mol. The summed E-state index contributed by atoms with van der Waals surface area (Å²) in [6.45, 7) is 2.43. The fourth-order valence-corrected chi connectivity index (χ4v) is 6.29. The van der Waals surface area contributed by atoms with E-state index in [1.807, 2.05) is 47.4 Å². The predicted molar refractivity (Wildman–Crippen MR) is 163 cm³/mol. The second-order valence-corrected chi connectivity index (χ2v) is 11.4. The number of methoxy groups -OCH3 is 2. The normalized spacial score (nSPS) is 19.9. The third-order valence-electron chi connectivity index (χ3n) is 8.64. The molecule has 3 aromatic carbocycles. The number of hydrogen-bond acceptors (Lipinski definition) is 6. The zero-order valence-electron chi connectivity index (χ0n) is 24.7. The SMILES string of the molecule is COCCCN1C(=O)COc2ccc(N(C(=O)[C@H]3CNCC[C@@H]3c3cccc(-c4ccc(OC)cc4F)c3)C3CC3)cc21. The lowest BCUT2D eigenvalue weighted by atomic mass is 9.79. The third-order valence-corrected chi connectivity index (χ3v) is 8.64. The Hall–Kier alpha value is -3.95. The zero-order valence-corrected chi connectivity index (χ0v) is 24.7. The molecule has 2 heterocycles. The number of anilines is 2. The molecule has 1 saturated carbocycles. The van der Waals surface area contributed by atoms with Crippen molar-refractivity contribution >= 4 is 23.2 Å². The van der Waals surface area contributed by atoms with E-state index in [1.54, 1.807) is 24.1 Å². The number of nitrogens with one attached hydrogen (secondary N) is 1. The molecular formula is C34H38FN3O5. The van der Waals surface area contributed by atoms with Gasteiger partial charge < -0.3 is 29.3 Å². The molecule has 0 radical (unpaired) electrons. The fraction of sp³-hybridized carbons (Fsp3) is 0.412. The first-order chi connectivity index (χ1) is 21.0. The van der Waals surface area contributed by atoms with E-state index in [0.29, 0.717) is 48.9 Å². The number of rotatable bonds is 10. The summed E-state index contributed by atoms with van der Waals surface area (Å²) in [5.74, 6) is 0.410. The van der Waals surface area contributed by atoms with Crippen molar-refractivity contribution in [2.45, 2.75) is 37.6 Å². The molecule has 1 saturated heterocycles. The number of halogens is 1. The van der Waals surface area contributed by atoms with Gasteiger partial charge in [0.1, 0.15) is 17.3 Å². The molecular weight excluding hydrogens is 549 g/mol. The van der Waals surface area contributed by atoms with Crippen LogP contribution >= 0.6 is 0 Å². The monoisotopic (exact) mass is 587 g/mol. The van der Waals surface area contributed by atoms with Gasteiger partial charge in [-0.25, -0.2) is 4.39 Å². The molecule has 9 heteroatoms. The van der Waals surface area contributed by atoms with Crippen LogP contribution in [0.5, 0.6) is 11.5 Å². The number of carbonyl (C=O) groups excluding carboxylic acids is 2. The van der Waals surface area contributed by atoms with E-state index in [0.717, 1.165) is 42.6 Å². The summed E-state index contributed by atoms with van der Waals surface area (Å²) < 4.78 is 31.1. The van der Waals surface area contributed by atoms with E-state index in [1.165, 1.54) is 13.2 Å². The van der Waals surface area contributed by atoms with Crippen LogP contribution in [0.15, 0.2) is 60.7 Å². The van der Waals surface area contributed by atoms with Crippen LogP contribution in [0, 0.1) is 11.7 Å². The molecule has 0 spiro atoms. The molecule has 2 atom stereocenters. The van der Waals surface area contributed by atoms with E-state index < -0.39 is 0 Å². The Bertz CT molecular complexity index is 1490. The Kier molecular flexibility index (Phi) is 8.63. The number of fused-ring (bicyclic) bond motifs is 1. The molecule has 226 valence electrons. The summed E-state index contributed by atoms with van der Waals surface area (Å²) >= 11 is 0. The third kappa shape index (κ3) is 6.10. The molecule has 3 aromatic rings. The van der Waals surface area contributed by atoms with Crippen molar-refractivity contribution < 1.29 is 28.2 Å². The number of benzene rings is 3. The molecule has 1 N–H and O–H groups in total. The van der Waals surface area contributed by atoms with Crippen molar-refractivity contribution in [1.29, 1.82) is 0 Å². The van der Waals surface area contributed by atoms with Gasteiger partial charge in [0.05, 0.1) is 18.7 Å². The molecule has 3 aliphatic rings. The first-order valence-corrected chi connectivity index (χ1v) is 15.0. The quantitative estimate of drug-likeness (QED) is 0.331. The van der Waals surface area contributed by atoms with Crippen molar-refractivity contribution in [3.63, 3.8) is 0 Å². The minimum Gasteiger partial charge on any atom is -0.497 e. The first-order valence-electron chi connectivity index (χ1n) is 15.0. The summed E-state index contributed by atoms with van der Waals surface area (Å²) in [5, 5.41) is 3.43. The number of piperidine rings is 1. The standard InChI is InChI=1S/C34H38FN3O5/c1-41-16-4-15-37-31-18-25(9-12-32(31)43-21-33(37)39)38(24-7-8-24)34(40)29-20-36-14-13-27(29)22-5-3-6-23(17-22)28-11-10-26(42-2)19-30(28)35/h3,5-6,9-12,17-19,24,27,29,36H,4,7-8,13-16,20-21H2,1-2H3/t27-,29+/m1/s1. The van der Waals surface area contributed by atoms with Crippen LogP contribution < -0.4 is 24.6 Å². The van der Waals surface area contributed by atoms with E-state index >= 15 is 0 Å². The van der Waals surface area contributed by atoms with Gasteiger partial charge in [-0.1, -0.05) is 24.3 Å². The largest absolute Gasteiger partial charge is 0.497 e. The molecule has 8 nitrogen and oxygen atoms in total. The fourth-order valence-electron chi connectivity index (χ4n) is 6.29. The molecule has 2 aliphatic heterocycles. The van der Waals surface area contributed by atoms with Crippen LogP contribution in [0.1, 0.15) is 37.2 Å². The van der Waals surface area contributed by atoms with Crippen LogP contribution in [0.3, 0.4) is 0 Å². The van der Waals surface area contributed by atoms with Crippen molar-refractivity contribution in [3.8, 4) is 22.6 Å². The van der Waals surface area contributed by atoms with E-state index in [4.69, 9.17) is 14.2 Å². The van der Waals surface area contributed by atoms with Crippen molar-refractivity contribution in [2.24, 2.45) is 5.92 Å². The van der Waals surface area contributed by atoms with Crippen LogP contribution in [-0.2, 0) is 14.3 Å². The molecule has 43 heavy (non-hydrogen) atoms. The summed E-state index contributed by atoms with van der Waals surface area (Å²) in [5.41, 5.74) is 3.77. The van der Waals surface area contributed by atoms with Crippen LogP contribution in [0.4, 0.5) is 15.8 Å². The highest BCUT2D eigenvalue weighted by Crippen LogP contribution is 2.42. The molecule has 2 amide bonds. The van der Waals surface area contributed by atoms with Crippen LogP contribution in [0.2, 0.25) is 0 Å². The summed E-state index contributed by atoms with van der Waals surface area (Å²) in [4.78, 5) is 30.9. The second-order valence-electron chi connectivity index (χ2n) is 11.4. The van der Waals surface area contributed by atoms with Gasteiger partial charge in [0.15, 0.2) is 6.61 Å². The lowest BCUT2D eigenvalue weighted by Crippen LogP contribution is -2.47. The topological polar surface area (TPSA) is 80.3 Å². The van der Waals surface area contributed by atoms with Crippen molar-refractivity contribution in [3.05, 3.63) is 72.0 Å². The molecule has 0 aromatic heterocycles. The van der Waals surface area contributed by atoms with Crippen LogP contribution in [-0.4, -0.2) is 64.9 Å². The Morgan fingerprint density at radius 3 is 2.72 bits per heavy atom. The maximum atomic E-state index is 15.0. The first kappa shape index (κ1) is 29.1. The molecule has 0 unspecified atom stereocenters. The lowest BCUT2D eigenvalue weighted by molar-refractivity contribution is -0.123. The number of nitrogens with zero attached hydrogens (tertiary/aromatic N) is 2. The Morgan fingerprint density at radius 1 is 1.09 bits per heavy atom. The highest BCUT2D eigenvalue weighted by molar-refractivity contribution is 6.01. The average Bonchev–Trinajstić information content (AvgIpc) is 3.87. The van der Waals surface area contributed by atoms with E-state index in [9.17, 15) is 14.0 Å². The summed E-state index contributed by atoms with van der Waals surface area (Å²) in [7, 11) is 3.16. The Morgan fingerprint density at radius 2 is 1.95 bits per heavy atom. The van der Waals surface area contributed by atoms with Crippen molar-refractivity contribution in [2.75, 3.05) is 56.9 Å². The van der Waals surface area contributed by atoms with Gasteiger partial charge in [0.2, 0.25) is 5.91 Å². The van der Waals surface area contributed by atoms with Crippen molar-refractivity contribution in [1.82, 2.24) is 5.32 Å². The minimum absolute atomic E-state index is 0.000485. The lowest BCUT2D eigenvalue weighted by Gasteiger charge is -2.36. The summed E-state index contributed by atoms with van der Waals surface area (Å²) in [6, 6.07) is 18.6. The number of amides is 2.